The Morgan fingerprint density at radius 2 is 1.80 bits per heavy atom. The normalized spacial score (nSPS) is 16.8. The molecule has 1 heterocycles. The largest absolute Gasteiger partial charge is 0.478 e. The monoisotopic (exact) mass is 355 g/mol. The number of aromatic carboxylic acids is 1. The van der Waals surface area contributed by atoms with Gasteiger partial charge in [-0.2, -0.15) is 0 Å². The fraction of sp³-hybridized carbons (Fsp3) is 0.300. The fourth-order valence-electron chi connectivity index (χ4n) is 2.98. The molecule has 1 atom stereocenters. The molecule has 0 saturated carbocycles. The molecule has 2 aromatic rings. The lowest BCUT2D eigenvalue weighted by Gasteiger charge is -2.16. The molecule has 1 N–H and O–H groups in total. The van der Waals surface area contributed by atoms with Crippen molar-refractivity contribution in [2.24, 2.45) is 5.92 Å². The van der Waals surface area contributed by atoms with E-state index in [2.05, 4.69) is 12.1 Å². The van der Waals surface area contributed by atoms with E-state index in [1.807, 2.05) is 34.9 Å². The standard InChI is InChI=1S/C20H21NO3S/c22-19(12-15-6-8-17(9-7-15)20(23)24)21-11-10-16(13-21)14-25-18-4-2-1-3-5-18/h1-9,16H,10-14H2,(H,23,24). The molecule has 130 valence electrons. The van der Waals surface area contributed by atoms with Crippen LogP contribution in [0.25, 0.3) is 0 Å². The maximum atomic E-state index is 12.5. The van der Waals surface area contributed by atoms with E-state index in [9.17, 15) is 9.59 Å². The van der Waals surface area contributed by atoms with Crippen LogP contribution in [0.1, 0.15) is 22.3 Å². The number of rotatable bonds is 6. The molecule has 4 nitrogen and oxygen atoms in total. The molecule has 2 aromatic carbocycles. The van der Waals surface area contributed by atoms with E-state index in [-0.39, 0.29) is 11.5 Å². The van der Waals surface area contributed by atoms with Gasteiger partial charge in [0.2, 0.25) is 5.91 Å². The van der Waals surface area contributed by atoms with Gasteiger partial charge in [0.05, 0.1) is 12.0 Å². The highest BCUT2D eigenvalue weighted by atomic mass is 32.2. The number of carbonyl (C=O) groups excluding carboxylic acids is 1. The number of amides is 1. The van der Waals surface area contributed by atoms with Crippen molar-refractivity contribution in [3.05, 3.63) is 65.7 Å². The molecule has 3 rings (SSSR count). The second-order valence-corrected chi connectivity index (χ2v) is 7.39. The molecule has 0 aromatic heterocycles. The molecule has 0 bridgehead atoms. The Balaban J connectivity index is 1.48. The maximum absolute atomic E-state index is 12.5. The topological polar surface area (TPSA) is 57.6 Å². The van der Waals surface area contributed by atoms with Gasteiger partial charge in [-0.05, 0) is 42.2 Å². The van der Waals surface area contributed by atoms with Gasteiger partial charge in [-0.15, -0.1) is 11.8 Å². The number of carboxylic acid groups (broad SMARTS) is 1. The van der Waals surface area contributed by atoms with Gasteiger partial charge < -0.3 is 10.0 Å². The molecule has 5 heteroatoms. The number of thioether (sulfide) groups is 1. The van der Waals surface area contributed by atoms with Gasteiger partial charge in [-0.1, -0.05) is 30.3 Å². The van der Waals surface area contributed by atoms with Crippen molar-refractivity contribution in [3.8, 4) is 0 Å². The Hall–Kier alpha value is -2.27. The van der Waals surface area contributed by atoms with Crippen LogP contribution in [0.15, 0.2) is 59.5 Å². The molecule has 1 amide bonds. The van der Waals surface area contributed by atoms with E-state index in [1.165, 1.54) is 4.90 Å². The Bertz CT molecular complexity index is 730. The highest BCUT2D eigenvalue weighted by molar-refractivity contribution is 7.99. The summed E-state index contributed by atoms with van der Waals surface area (Å²) in [5.41, 5.74) is 1.10. The Labute approximate surface area is 151 Å². The van der Waals surface area contributed by atoms with Crippen molar-refractivity contribution in [2.45, 2.75) is 17.7 Å². The first-order valence-corrected chi connectivity index (χ1v) is 9.38. The van der Waals surface area contributed by atoms with Crippen LogP contribution in [-0.4, -0.2) is 40.7 Å². The number of hydrogen-bond acceptors (Lipinski definition) is 3. The van der Waals surface area contributed by atoms with Gasteiger partial charge in [-0.25, -0.2) is 4.79 Å². The molecule has 1 fully saturated rings. The summed E-state index contributed by atoms with van der Waals surface area (Å²) in [5.74, 6) is 0.733. The highest BCUT2D eigenvalue weighted by Gasteiger charge is 2.26. The maximum Gasteiger partial charge on any atom is 0.335 e. The second kappa shape index (κ2) is 8.21. The van der Waals surface area contributed by atoms with Crippen LogP contribution in [0.2, 0.25) is 0 Å². The zero-order valence-electron chi connectivity index (χ0n) is 13.9. The van der Waals surface area contributed by atoms with Crippen molar-refractivity contribution in [2.75, 3.05) is 18.8 Å². The molecule has 1 aliphatic rings. The first-order chi connectivity index (χ1) is 12.1. The number of benzene rings is 2. The molecular formula is C20H21NO3S. The predicted molar refractivity (Wildman–Crippen MR) is 99.0 cm³/mol. The summed E-state index contributed by atoms with van der Waals surface area (Å²) < 4.78 is 0. The highest BCUT2D eigenvalue weighted by Crippen LogP contribution is 2.26. The summed E-state index contributed by atoms with van der Waals surface area (Å²) in [6.07, 6.45) is 1.38. The number of hydrogen-bond donors (Lipinski definition) is 1. The van der Waals surface area contributed by atoms with Gasteiger partial charge in [-0.3, -0.25) is 4.79 Å². The Morgan fingerprint density at radius 3 is 2.48 bits per heavy atom. The second-order valence-electron chi connectivity index (χ2n) is 6.30. The first-order valence-electron chi connectivity index (χ1n) is 8.39. The third kappa shape index (κ3) is 4.86. The Morgan fingerprint density at radius 1 is 1.08 bits per heavy atom. The SMILES string of the molecule is O=C(O)c1ccc(CC(=O)N2CCC(CSc3ccccc3)C2)cc1. The van der Waals surface area contributed by atoms with Gasteiger partial charge >= 0.3 is 5.97 Å². The van der Waals surface area contributed by atoms with Gasteiger partial charge in [0.1, 0.15) is 0 Å². The van der Waals surface area contributed by atoms with Crippen LogP contribution in [0, 0.1) is 5.92 Å². The quantitative estimate of drug-likeness (QED) is 0.805. The van der Waals surface area contributed by atoms with Crippen LogP contribution in [0.4, 0.5) is 0 Å². The van der Waals surface area contributed by atoms with Crippen molar-refractivity contribution < 1.29 is 14.7 Å². The molecule has 25 heavy (non-hydrogen) atoms. The van der Waals surface area contributed by atoms with Crippen LogP contribution in [-0.2, 0) is 11.2 Å². The van der Waals surface area contributed by atoms with E-state index < -0.39 is 5.97 Å². The lowest BCUT2D eigenvalue weighted by Crippen LogP contribution is -2.30. The van der Waals surface area contributed by atoms with Crippen LogP contribution in [0.3, 0.4) is 0 Å². The minimum absolute atomic E-state index is 0.121. The molecule has 1 aliphatic heterocycles. The molecule has 0 aliphatic carbocycles. The summed E-state index contributed by atoms with van der Waals surface area (Å²) >= 11 is 1.85. The zero-order valence-corrected chi connectivity index (χ0v) is 14.7. The lowest BCUT2D eigenvalue weighted by atomic mass is 10.1. The average Bonchev–Trinajstić information content (AvgIpc) is 3.10. The van der Waals surface area contributed by atoms with E-state index in [0.29, 0.717) is 12.3 Å². The zero-order chi connectivity index (χ0) is 17.6. The number of carbonyl (C=O) groups is 2. The first kappa shape index (κ1) is 17.5. The van der Waals surface area contributed by atoms with Gasteiger partial charge in [0.15, 0.2) is 0 Å². The average molecular weight is 355 g/mol. The van der Waals surface area contributed by atoms with Crippen molar-refractivity contribution in [1.82, 2.24) is 4.90 Å². The van der Waals surface area contributed by atoms with E-state index in [1.54, 1.807) is 24.3 Å². The number of carboxylic acids is 1. The number of likely N-dealkylation sites (tertiary alicyclic amines) is 1. The summed E-state index contributed by atoms with van der Waals surface area (Å²) in [6.45, 7) is 1.62. The molecule has 1 unspecified atom stereocenters. The number of nitrogens with zero attached hydrogens (tertiary/aromatic N) is 1. The van der Waals surface area contributed by atoms with Crippen molar-refractivity contribution in [1.29, 1.82) is 0 Å². The van der Waals surface area contributed by atoms with Gasteiger partial charge in [0.25, 0.3) is 0 Å². The summed E-state index contributed by atoms with van der Waals surface area (Å²) in [5, 5.41) is 8.92. The summed E-state index contributed by atoms with van der Waals surface area (Å²) in [4.78, 5) is 26.5. The summed E-state index contributed by atoms with van der Waals surface area (Å²) in [6, 6.07) is 16.9. The van der Waals surface area contributed by atoms with Crippen molar-refractivity contribution >= 4 is 23.6 Å². The van der Waals surface area contributed by atoms with Crippen LogP contribution < -0.4 is 0 Å². The Kier molecular flexibility index (Phi) is 5.76. The van der Waals surface area contributed by atoms with E-state index in [0.717, 1.165) is 30.8 Å². The third-order valence-electron chi connectivity index (χ3n) is 4.42. The minimum atomic E-state index is -0.948. The molecule has 1 saturated heterocycles. The molecule has 0 spiro atoms. The van der Waals surface area contributed by atoms with Crippen molar-refractivity contribution in [3.63, 3.8) is 0 Å². The third-order valence-corrected chi connectivity index (χ3v) is 5.67. The predicted octanol–water partition coefficient (Wildman–Crippen LogP) is 3.57. The lowest BCUT2D eigenvalue weighted by molar-refractivity contribution is -0.129. The molecule has 0 radical (unpaired) electrons. The molecular weight excluding hydrogens is 334 g/mol. The minimum Gasteiger partial charge on any atom is -0.478 e. The van der Waals surface area contributed by atoms with Gasteiger partial charge in [0, 0.05) is 23.7 Å². The van der Waals surface area contributed by atoms with E-state index >= 15 is 0 Å². The fourth-order valence-corrected chi connectivity index (χ4v) is 4.03. The van der Waals surface area contributed by atoms with E-state index in [4.69, 9.17) is 5.11 Å². The smallest absolute Gasteiger partial charge is 0.335 e. The van der Waals surface area contributed by atoms with Crippen LogP contribution >= 0.6 is 11.8 Å². The van der Waals surface area contributed by atoms with Crippen LogP contribution in [0.5, 0.6) is 0 Å². The summed E-state index contributed by atoms with van der Waals surface area (Å²) in [7, 11) is 0.